The zero-order chi connectivity index (χ0) is 29.0. The average Bonchev–Trinajstić information content (AvgIpc) is 3.36. The maximum Gasteiger partial charge on any atom is 0.333 e. The molecule has 40 heavy (non-hydrogen) atoms. The zero-order valence-electron chi connectivity index (χ0n) is 23.0. The third-order valence-corrected chi connectivity index (χ3v) is 10.6. The van der Waals surface area contributed by atoms with Crippen LogP contribution in [-0.4, -0.2) is 68.9 Å². The number of fused-ring (bicyclic) bond motifs is 5. The molecule has 218 valence electrons. The highest BCUT2D eigenvalue weighted by Gasteiger charge is 2.68. The van der Waals surface area contributed by atoms with Crippen LogP contribution in [0.4, 0.5) is 0 Å². The van der Waals surface area contributed by atoms with Crippen molar-refractivity contribution in [2.45, 2.75) is 96.2 Å². The number of hydrogen-bond acceptors (Lipinski definition) is 10. The highest BCUT2D eigenvalue weighted by Crippen LogP contribution is 2.67. The van der Waals surface area contributed by atoms with Crippen LogP contribution in [-0.2, 0) is 38.3 Å². The van der Waals surface area contributed by atoms with E-state index in [4.69, 9.17) is 9.57 Å². The summed E-state index contributed by atoms with van der Waals surface area (Å²) in [5, 5.41) is 23.6. The minimum Gasteiger partial charge on any atom is -0.458 e. The molecular formula is C29H37NO10. The van der Waals surface area contributed by atoms with Crippen LogP contribution >= 0.6 is 0 Å². The second kappa shape index (κ2) is 10.2. The van der Waals surface area contributed by atoms with Gasteiger partial charge in [0.15, 0.2) is 12.4 Å². The molecule has 0 aromatic heterocycles. The van der Waals surface area contributed by atoms with E-state index in [0.717, 1.165) is 18.4 Å². The highest BCUT2D eigenvalue weighted by atomic mass is 16.7. The summed E-state index contributed by atoms with van der Waals surface area (Å²) in [7, 11) is 0. The van der Waals surface area contributed by atoms with Crippen LogP contribution in [0.15, 0.2) is 11.6 Å². The summed E-state index contributed by atoms with van der Waals surface area (Å²) >= 11 is 0. The summed E-state index contributed by atoms with van der Waals surface area (Å²) in [6.45, 7) is 3.31. The number of rotatable bonds is 7. The van der Waals surface area contributed by atoms with E-state index in [1.165, 1.54) is 0 Å². The van der Waals surface area contributed by atoms with Crippen molar-refractivity contribution in [1.29, 1.82) is 0 Å². The summed E-state index contributed by atoms with van der Waals surface area (Å²) in [5.41, 5.74) is -1.86. The molecule has 2 N–H and O–H groups in total. The number of amides is 2. The van der Waals surface area contributed by atoms with Gasteiger partial charge in [-0.1, -0.05) is 19.4 Å². The van der Waals surface area contributed by atoms with Crippen LogP contribution in [0.2, 0.25) is 0 Å². The number of ether oxygens (including phenoxy) is 1. The number of aliphatic hydroxyl groups excluding tert-OH is 1. The van der Waals surface area contributed by atoms with E-state index in [1.807, 2.05) is 6.92 Å². The number of carbonyl (C=O) groups is 6. The zero-order valence-corrected chi connectivity index (χ0v) is 23.0. The van der Waals surface area contributed by atoms with Gasteiger partial charge in [-0.05, 0) is 67.8 Å². The van der Waals surface area contributed by atoms with Crippen molar-refractivity contribution in [3.05, 3.63) is 11.6 Å². The number of allylic oxidation sites excluding steroid dienone is 1. The van der Waals surface area contributed by atoms with Crippen LogP contribution in [0.1, 0.15) is 84.5 Å². The summed E-state index contributed by atoms with van der Waals surface area (Å²) < 4.78 is 5.09. The first-order chi connectivity index (χ1) is 18.8. The molecule has 1 aliphatic heterocycles. The van der Waals surface area contributed by atoms with Gasteiger partial charge in [-0.2, -0.15) is 0 Å². The topological polar surface area (TPSA) is 165 Å². The highest BCUT2D eigenvalue weighted by molar-refractivity contribution is 6.01. The van der Waals surface area contributed by atoms with Gasteiger partial charge in [-0.3, -0.25) is 24.0 Å². The number of aliphatic hydroxyl groups is 2. The molecule has 0 unspecified atom stereocenters. The summed E-state index contributed by atoms with van der Waals surface area (Å²) in [4.78, 5) is 77.4. The van der Waals surface area contributed by atoms with Crippen molar-refractivity contribution in [2.75, 3.05) is 6.61 Å². The molecular weight excluding hydrogens is 522 g/mol. The van der Waals surface area contributed by atoms with E-state index in [9.17, 15) is 39.0 Å². The van der Waals surface area contributed by atoms with Crippen LogP contribution in [0.25, 0.3) is 0 Å². The van der Waals surface area contributed by atoms with Crippen molar-refractivity contribution >= 4 is 35.3 Å². The minimum absolute atomic E-state index is 0.00710. The number of Topliss-reactive ketones (excluding diaryl/α,β-unsaturated/α-hetero) is 1. The van der Waals surface area contributed by atoms with E-state index in [2.05, 4.69) is 6.92 Å². The first-order valence-electron chi connectivity index (χ1n) is 14.2. The largest absolute Gasteiger partial charge is 0.458 e. The van der Waals surface area contributed by atoms with Crippen molar-refractivity contribution < 1.29 is 48.6 Å². The normalized spacial score (nSPS) is 38.8. The van der Waals surface area contributed by atoms with Gasteiger partial charge in [-0.15, -0.1) is 5.06 Å². The Morgan fingerprint density at radius 3 is 2.35 bits per heavy atom. The smallest absolute Gasteiger partial charge is 0.333 e. The Kier molecular flexibility index (Phi) is 7.27. The van der Waals surface area contributed by atoms with Crippen LogP contribution < -0.4 is 0 Å². The molecule has 0 spiro atoms. The van der Waals surface area contributed by atoms with E-state index in [-0.39, 0.29) is 54.6 Å². The van der Waals surface area contributed by atoms with Crippen LogP contribution in [0, 0.1) is 28.6 Å². The molecule has 0 radical (unpaired) electrons. The Hall–Kier alpha value is -2.92. The maximum absolute atomic E-state index is 13.3. The van der Waals surface area contributed by atoms with Gasteiger partial charge >= 0.3 is 11.9 Å². The predicted molar refractivity (Wildman–Crippen MR) is 135 cm³/mol. The number of imide groups is 1. The monoisotopic (exact) mass is 559 g/mol. The lowest BCUT2D eigenvalue weighted by Crippen LogP contribution is -2.62. The first kappa shape index (κ1) is 28.6. The van der Waals surface area contributed by atoms with E-state index in [0.29, 0.717) is 24.3 Å². The van der Waals surface area contributed by atoms with Gasteiger partial charge < -0.3 is 19.8 Å². The lowest BCUT2D eigenvalue weighted by Gasteiger charge is -2.60. The number of nitrogens with zero attached hydrogens (tertiary/aromatic N) is 1. The number of hydrogen-bond donors (Lipinski definition) is 2. The number of esters is 1. The van der Waals surface area contributed by atoms with Gasteiger partial charge in [0.05, 0.1) is 18.9 Å². The molecule has 7 atom stereocenters. The molecule has 1 saturated heterocycles. The molecule has 5 rings (SSSR count). The van der Waals surface area contributed by atoms with Crippen LogP contribution in [0.3, 0.4) is 0 Å². The number of hydroxylamine groups is 2. The van der Waals surface area contributed by atoms with Gasteiger partial charge in [0.25, 0.3) is 11.8 Å². The Bertz CT molecular complexity index is 1180. The molecule has 5 aliphatic rings. The Morgan fingerprint density at radius 1 is 0.975 bits per heavy atom. The fraction of sp³-hybridized carbons (Fsp3) is 0.724. The van der Waals surface area contributed by atoms with Gasteiger partial charge in [0.1, 0.15) is 5.60 Å². The minimum atomic E-state index is -1.78. The molecule has 4 fully saturated rings. The molecule has 3 saturated carbocycles. The lowest BCUT2D eigenvalue weighted by atomic mass is 9.45. The molecule has 1 heterocycles. The lowest BCUT2D eigenvalue weighted by molar-refractivity contribution is -0.197. The fourth-order valence-electron chi connectivity index (χ4n) is 8.50. The third kappa shape index (κ3) is 4.51. The molecule has 11 nitrogen and oxygen atoms in total. The van der Waals surface area contributed by atoms with Crippen molar-refractivity contribution in [3.63, 3.8) is 0 Å². The van der Waals surface area contributed by atoms with Crippen molar-refractivity contribution in [2.24, 2.45) is 28.6 Å². The SMILES string of the molecule is C[C@]12CCC(=O)C=C1CC[C@@H]1[C@H]2[C@@H](O)C[C@@]2(C)[C@@H]1CC[C@]2(O)C(=O)COC(=O)CCC(=O)ON1C(=O)CCC1=O. The van der Waals surface area contributed by atoms with Gasteiger partial charge in [-0.25, -0.2) is 4.79 Å². The Labute approximate surface area is 232 Å². The van der Waals surface area contributed by atoms with E-state index in [1.54, 1.807) is 6.08 Å². The van der Waals surface area contributed by atoms with E-state index >= 15 is 0 Å². The summed E-state index contributed by atoms with van der Waals surface area (Å²) in [5.74, 6) is -3.55. The Balaban J connectivity index is 1.20. The third-order valence-electron chi connectivity index (χ3n) is 10.6. The second-order valence-corrected chi connectivity index (χ2v) is 12.6. The molecule has 0 bridgehead atoms. The fourth-order valence-corrected chi connectivity index (χ4v) is 8.50. The van der Waals surface area contributed by atoms with Crippen LogP contribution in [0.5, 0.6) is 0 Å². The molecule has 0 aromatic carbocycles. The maximum atomic E-state index is 13.3. The number of carbonyl (C=O) groups excluding carboxylic acids is 6. The van der Waals surface area contributed by atoms with Crippen molar-refractivity contribution in [1.82, 2.24) is 5.06 Å². The average molecular weight is 560 g/mol. The standard InChI is InChI=1S/C29H37NO10/c1-27-11-9-17(31)13-16(27)3-4-18-19-10-12-29(38,28(19,2)14-20(32)26(18)27)21(33)15-39-24(36)7-8-25(37)40-30-22(34)5-6-23(30)35/h13,18-20,26,32,38H,3-12,14-15H2,1-2H3/t18-,19+,20-,26-,27-,28-,29-/m0/s1. The summed E-state index contributed by atoms with van der Waals surface area (Å²) in [6.07, 6.45) is 3.74. The number of ketones is 2. The summed E-state index contributed by atoms with van der Waals surface area (Å²) in [6, 6.07) is 0. The Morgan fingerprint density at radius 2 is 1.65 bits per heavy atom. The molecule has 4 aliphatic carbocycles. The molecule has 0 aromatic rings. The second-order valence-electron chi connectivity index (χ2n) is 12.6. The molecule has 2 amide bonds. The van der Waals surface area contributed by atoms with E-state index < -0.39 is 66.1 Å². The molecule has 11 heteroatoms. The predicted octanol–water partition coefficient (Wildman–Crippen LogP) is 1.72. The quantitative estimate of drug-likeness (QED) is 0.347. The van der Waals surface area contributed by atoms with Gasteiger partial charge in [0, 0.05) is 24.7 Å². The first-order valence-corrected chi connectivity index (χ1v) is 14.2. The van der Waals surface area contributed by atoms with Gasteiger partial charge in [0.2, 0.25) is 5.78 Å². The van der Waals surface area contributed by atoms with Crippen molar-refractivity contribution in [3.8, 4) is 0 Å².